The van der Waals surface area contributed by atoms with Crippen molar-refractivity contribution in [1.82, 2.24) is 0 Å². The first-order valence-corrected chi connectivity index (χ1v) is 3.96. The number of carboxylic acid groups (broad SMARTS) is 1. The Balaban J connectivity index is 3.26. The fourth-order valence-corrected chi connectivity index (χ4v) is 1.09. The Morgan fingerprint density at radius 2 is 2.21 bits per heavy atom. The molecular formula is C10H11NO3. The molecule has 0 saturated heterocycles. The number of nitrogens with two attached hydrogens (primary N) is 1. The summed E-state index contributed by atoms with van der Waals surface area (Å²) in [5.74, 6) is -1.24. The Labute approximate surface area is 81.3 Å². The molecule has 4 nitrogen and oxygen atoms in total. The normalized spacial score (nSPS) is 14.4. The topological polar surface area (TPSA) is 83.6 Å². The first-order chi connectivity index (χ1) is 6.50. The molecule has 4 N–H and O–H groups in total. The summed E-state index contributed by atoms with van der Waals surface area (Å²) in [5.41, 5.74) is 4.24. The lowest BCUT2D eigenvalue weighted by Crippen LogP contribution is -2.42. The van der Waals surface area contributed by atoms with E-state index < -0.39 is 11.5 Å². The molecule has 1 aromatic carbocycles. The van der Waals surface area contributed by atoms with Gasteiger partial charge in [-0.05, 0) is 17.7 Å². The standard InChI is InChI=1S/C10H11NO3/c1-2-10(11,9(13)14)7-4-3-5-8(12)6-7/h2-6,12H,1,11H2,(H,13,14). The van der Waals surface area contributed by atoms with Gasteiger partial charge in [0.2, 0.25) is 0 Å². The highest BCUT2D eigenvalue weighted by Crippen LogP contribution is 2.23. The number of aromatic hydroxyl groups is 1. The van der Waals surface area contributed by atoms with E-state index in [1.807, 2.05) is 0 Å². The van der Waals surface area contributed by atoms with Crippen molar-refractivity contribution in [3.63, 3.8) is 0 Å². The van der Waals surface area contributed by atoms with E-state index in [4.69, 9.17) is 10.8 Å². The third-order valence-electron chi connectivity index (χ3n) is 2.00. The second-order valence-corrected chi connectivity index (χ2v) is 2.93. The zero-order valence-electron chi connectivity index (χ0n) is 7.47. The van der Waals surface area contributed by atoms with Crippen LogP contribution < -0.4 is 5.73 Å². The van der Waals surface area contributed by atoms with E-state index in [0.717, 1.165) is 6.08 Å². The molecule has 0 aliphatic carbocycles. The van der Waals surface area contributed by atoms with Crippen LogP contribution in [0.3, 0.4) is 0 Å². The van der Waals surface area contributed by atoms with Crippen LogP contribution in [0.5, 0.6) is 5.75 Å². The van der Waals surface area contributed by atoms with Gasteiger partial charge in [0.1, 0.15) is 5.75 Å². The second-order valence-electron chi connectivity index (χ2n) is 2.93. The summed E-state index contributed by atoms with van der Waals surface area (Å²) in [6, 6.07) is 5.79. The third kappa shape index (κ3) is 1.60. The lowest BCUT2D eigenvalue weighted by Gasteiger charge is -2.20. The van der Waals surface area contributed by atoms with Crippen molar-refractivity contribution in [2.45, 2.75) is 5.54 Å². The molecular weight excluding hydrogens is 182 g/mol. The average Bonchev–Trinajstić information content (AvgIpc) is 2.16. The molecule has 14 heavy (non-hydrogen) atoms. The number of carboxylic acids is 1. The molecule has 0 aliphatic rings. The van der Waals surface area contributed by atoms with Gasteiger partial charge in [0, 0.05) is 0 Å². The fraction of sp³-hybridized carbons (Fsp3) is 0.100. The fourth-order valence-electron chi connectivity index (χ4n) is 1.09. The van der Waals surface area contributed by atoms with Crippen molar-refractivity contribution in [2.24, 2.45) is 5.73 Å². The van der Waals surface area contributed by atoms with Crippen LogP contribution in [0.2, 0.25) is 0 Å². The van der Waals surface area contributed by atoms with E-state index in [-0.39, 0.29) is 5.75 Å². The van der Waals surface area contributed by atoms with Crippen LogP contribution in [0.4, 0.5) is 0 Å². The van der Waals surface area contributed by atoms with Gasteiger partial charge in [-0.2, -0.15) is 0 Å². The Kier molecular flexibility index (Phi) is 2.58. The number of hydrogen-bond donors (Lipinski definition) is 3. The van der Waals surface area contributed by atoms with E-state index in [2.05, 4.69) is 6.58 Å². The van der Waals surface area contributed by atoms with Gasteiger partial charge in [-0.25, -0.2) is 4.79 Å². The molecule has 0 aromatic heterocycles. The van der Waals surface area contributed by atoms with E-state index in [9.17, 15) is 9.90 Å². The summed E-state index contributed by atoms with van der Waals surface area (Å²) in [7, 11) is 0. The molecule has 0 fully saturated rings. The van der Waals surface area contributed by atoms with E-state index in [1.54, 1.807) is 0 Å². The van der Waals surface area contributed by atoms with Gasteiger partial charge >= 0.3 is 5.97 Å². The van der Waals surface area contributed by atoms with Crippen molar-refractivity contribution >= 4 is 5.97 Å². The van der Waals surface area contributed by atoms with Crippen LogP contribution in [0.25, 0.3) is 0 Å². The molecule has 0 amide bonds. The predicted molar refractivity (Wildman–Crippen MR) is 51.8 cm³/mol. The zero-order chi connectivity index (χ0) is 10.8. The number of rotatable bonds is 3. The highest BCUT2D eigenvalue weighted by Gasteiger charge is 2.32. The van der Waals surface area contributed by atoms with E-state index in [1.165, 1.54) is 24.3 Å². The number of hydrogen-bond acceptors (Lipinski definition) is 3. The van der Waals surface area contributed by atoms with Crippen molar-refractivity contribution in [3.05, 3.63) is 42.5 Å². The van der Waals surface area contributed by atoms with Crippen molar-refractivity contribution in [3.8, 4) is 5.75 Å². The lowest BCUT2D eigenvalue weighted by atomic mass is 9.91. The molecule has 0 saturated carbocycles. The Morgan fingerprint density at radius 3 is 2.64 bits per heavy atom. The summed E-state index contributed by atoms with van der Waals surface area (Å²) in [5, 5.41) is 18.1. The molecule has 74 valence electrons. The highest BCUT2D eigenvalue weighted by molar-refractivity contribution is 5.83. The number of phenolic OH excluding ortho intramolecular Hbond substituents is 1. The molecule has 1 atom stereocenters. The lowest BCUT2D eigenvalue weighted by molar-refractivity contribution is -0.141. The van der Waals surface area contributed by atoms with E-state index in [0.29, 0.717) is 5.56 Å². The molecule has 0 aliphatic heterocycles. The summed E-state index contributed by atoms with van der Waals surface area (Å²) in [4.78, 5) is 10.9. The van der Waals surface area contributed by atoms with Gasteiger partial charge in [0.25, 0.3) is 0 Å². The first-order valence-electron chi connectivity index (χ1n) is 3.96. The SMILES string of the molecule is C=CC(N)(C(=O)O)c1cccc(O)c1. The first kappa shape index (κ1) is 10.3. The predicted octanol–water partition coefficient (Wildman–Crippen LogP) is 0.817. The van der Waals surface area contributed by atoms with Crippen molar-refractivity contribution < 1.29 is 15.0 Å². The molecule has 0 spiro atoms. The maximum atomic E-state index is 10.9. The summed E-state index contributed by atoms with van der Waals surface area (Å²) in [6.07, 6.45) is 1.13. The van der Waals surface area contributed by atoms with E-state index >= 15 is 0 Å². The zero-order valence-corrected chi connectivity index (χ0v) is 7.47. The van der Waals surface area contributed by atoms with Crippen LogP contribution in [-0.4, -0.2) is 16.2 Å². The largest absolute Gasteiger partial charge is 0.508 e. The molecule has 0 heterocycles. The van der Waals surface area contributed by atoms with Gasteiger partial charge in [0.05, 0.1) is 0 Å². The third-order valence-corrected chi connectivity index (χ3v) is 2.00. The van der Waals surface area contributed by atoms with Crippen molar-refractivity contribution in [2.75, 3.05) is 0 Å². The molecule has 1 rings (SSSR count). The van der Waals surface area contributed by atoms with Crippen LogP contribution in [0.15, 0.2) is 36.9 Å². The van der Waals surface area contributed by atoms with Crippen LogP contribution in [-0.2, 0) is 10.3 Å². The summed E-state index contributed by atoms with van der Waals surface area (Å²) in [6.45, 7) is 3.37. The highest BCUT2D eigenvalue weighted by atomic mass is 16.4. The van der Waals surface area contributed by atoms with Crippen molar-refractivity contribution in [1.29, 1.82) is 0 Å². The number of phenols is 1. The molecule has 0 bridgehead atoms. The summed E-state index contributed by atoms with van der Waals surface area (Å²) >= 11 is 0. The van der Waals surface area contributed by atoms with Crippen LogP contribution >= 0.6 is 0 Å². The Morgan fingerprint density at radius 1 is 1.57 bits per heavy atom. The number of benzene rings is 1. The van der Waals surface area contributed by atoms with Crippen LogP contribution in [0.1, 0.15) is 5.56 Å². The maximum Gasteiger partial charge on any atom is 0.332 e. The Hall–Kier alpha value is -1.81. The number of aliphatic carboxylic acids is 1. The van der Waals surface area contributed by atoms with Gasteiger partial charge in [-0.1, -0.05) is 18.2 Å². The second kappa shape index (κ2) is 3.51. The quantitative estimate of drug-likeness (QED) is 0.620. The molecule has 1 unspecified atom stereocenters. The number of carbonyl (C=O) groups is 1. The Bertz CT molecular complexity index is 375. The minimum atomic E-state index is -1.65. The van der Waals surface area contributed by atoms with Gasteiger partial charge in [0.15, 0.2) is 5.54 Å². The average molecular weight is 193 g/mol. The molecule has 1 aromatic rings. The monoisotopic (exact) mass is 193 g/mol. The minimum absolute atomic E-state index is 0.0274. The van der Waals surface area contributed by atoms with Gasteiger partial charge < -0.3 is 15.9 Å². The van der Waals surface area contributed by atoms with Crippen LogP contribution in [0, 0.1) is 0 Å². The maximum absolute atomic E-state index is 10.9. The van der Waals surface area contributed by atoms with Gasteiger partial charge in [-0.15, -0.1) is 6.58 Å². The molecule has 0 radical (unpaired) electrons. The molecule has 4 heteroatoms. The summed E-state index contributed by atoms with van der Waals surface area (Å²) < 4.78 is 0. The van der Waals surface area contributed by atoms with Gasteiger partial charge in [-0.3, -0.25) is 0 Å². The minimum Gasteiger partial charge on any atom is -0.508 e. The smallest absolute Gasteiger partial charge is 0.332 e.